The van der Waals surface area contributed by atoms with E-state index in [0.29, 0.717) is 5.71 Å². The average Bonchev–Trinajstić information content (AvgIpc) is 2.17. The summed E-state index contributed by atoms with van der Waals surface area (Å²) in [7, 11) is 0. The van der Waals surface area contributed by atoms with Crippen LogP contribution in [0.2, 0.25) is 0 Å². The molecular formula is C11H15NO2. The second kappa shape index (κ2) is 4.65. The number of oxime groups is 1. The second-order valence-electron chi connectivity index (χ2n) is 3.38. The zero-order valence-corrected chi connectivity index (χ0v) is 8.69. The van der Waals surface area contributed by atoms with Crippen LogP contribution < -0.4 is 4.74 Å². The van der Waals surface area contributed by atoms with E-state index < -0.39 is 0 Å². The van der Waals surface area contributed by atoms with E-state index in [4.69, 9.17) is 9.94 Å². The molecule has 1 aromatic carbocycles. The molecule has 1 N–H and O–H groups in total. The molecule has 0 saturated heterocycles. The quantitative estimate of drug-likeness (QED) is 0.455. The predicted octanol–water partition coefficient (Wildman–Crippen LogP) is 2.67. The predicted molar refractivity (Wildman–Crippen MR) is 56.2 cm³/mol. The lowest BCUT2D eigenvalue weighted by atomic mass is 10.1. The fourth-order valence-electron chi connectivity index (χ4n) is 1.10. The average molecular weight is 193 g/mol. The number of nitrogens with zero attached hydrogens (tertiary/aromatic N) is 1. The molecule has 0 saturated carbocycles. The maximum atomic E-state index is 8.56. The highest BCUT2D eigenvalue weighted by Gasteiger charge is 2.00. The Bertz CT molecular complexity index is 315. The van der Waals surface area contributed by atoms with Crippen LogP contribution >= 0.6 is 0 Å². The molecule has 0 heterocycles. The molecule has 3 heteroatoms. The molecule has 76 valence electrons. The molecule has 0 bridgehead atoms. The monoisotopic (exact) mass is 193 g/mol. The van der Waals surface area contributed by atoms with Gasteiger partial charge in [0.15, 0.2) is 0 Å². The van der Waals surface area contributed by atoms with Gasteiger partial charge in [0, 0.05) is 0 Å². The van der Waals surface area contributed by atoms with Crippen LogP contribution in [0.3, 0.4) is 0 Å². The van der Waals surface area contributed by atoms with Crippen molar-refractivity contribution in [1.29, 1.82) is 0 Å². The van der Waals surface area contributed by atoms with E-state index in [1.807, 2.05) is 38.1 Å². The van der Waals surface area contributed by atoms with Gasteiger partial charge in [-0.3, -0.25) is 0 Å². The lowest BCUT2D eigenvalue weighted by Crippen LogP contribution is -2.05. The Kier molecular flexibility index (Phi) is 3.51. The fraction of sp³-hybridized carbons (Fsp3) is 0.364. The summed E-state index contributed by atoms with van der Waals surface area (Å²) in [5.41, 5.74) is 1.49. The highest BCUT2D eigenvalue weighted by molar-refractivity contribution is 5.98. The zero-order chi connectivity index (χ0) is 10.6. The summed E-state index contributed by atoms with van der Waals surface area (Å²) in [4.78, 5) is 0. The van der Waals surface area contributed by atoms with Crippen molar-refractivity contribution in [2.24, 2.45) is 5.16 Å². The van der Waals surface area contributed by atoms with Gasteiger partial charge in [0.1, 0.15) is 5.75 Å². The Morgan fingerprint density at radius 1 is 1.29 bits per heavy atom. The van der Waals surface area contributed by atoms with E-state index in [1.54, 1.807) is 6.92 Å². The van der Waals surface area contributed by atoms with Gasteiger partial charge in [-0.1, -0.05) is 5.16 Å². The number of rotatable bonds is 3. The molecule has 0 fully saturated rings. The molecule has 0 aliphatic heterocycles. The number of benzene rings is 1. The van der Waals surface area contributed by atoms with Crippen molar-refractivity contribution in [3.63, 3.8) is 0 Å². The fourth-order valence-corrected chi connectivity index (χ4v) is 1.10. The Labute approximate surface area is 84.0 Å². The first-order valence-corrected chi connectivity index (χ1v) is 4.59. The molecule has 0 amide bonds. The molecule has 0 aliphatic rings. The smallest absolute Gasteiger partial charge is 0.119 e. The summed E-state index contributed by atoms with van der Waals surface area (Å²) < 4.78 is 5.48. The maximum Gasteiger partial charge on any atom is 0.119 e. The van der Waals surface area contributed by atoms with Crippen LogP contribution in [0.15, 0.2) is 29.4 Å². The summed E-state index contributed by atoms with van der Waals surface area (Å²) in [5, 5.41) is 11.7. The largest absolute Gasteiger partial charge is 0.491 e. The number of hydrogen-bond donors (Lipinski definition) is 1. The molecular weight excluding hydrogens is 178 g/mol. The van der Waals surface area contributed by atoms with Crippen LogP contribution in [0, 0.1) is 0 Å². The van der Waals surface area contributed by atoms with Gasteiger partial charge >= 0.3 is 0 Å². The van der Waals surface area contributed by atoms with Gasteiger partial charge in [-0.2, -0.15) is 0 Å². The molecule has 0 atom stereocenters. The number of ether oxygens (including phenoxy) is 1. The van der Waals surface area contributed by atoms with Gasteiger partial charge in [0.05, 0.1) is 11.8 Å². The van der Waals surface area contributed by atoms with Crippen molar-refractivity contribution in [2.45, 2.75) is 26.9 Å². The van der Waals surface area contributed by atoms with Gasteiger partial charge in [-0.25, -0.2) is 0 Å². The SMILES string of the molecule is C/C(=N\O)c1ccc(OC(C)C)cc1. The lowest BCUT2D eigenvalue weighted by Gasteiger charge is -2.09. The molecule has 3 nitrogen and oxygen atoms in total. The third-order valence-corrected chi connectivity index (χ3v) is 1.79. The Morgan fingerprint density at radius 2 is 1.86 bits per heavy atom. The third-order valence-electron chi connectivity index (χ3n) is 1.79. The van der Waals surface area contributed by atoms with E-state index in [-0.39, 0.29) is 6.10 Å². The van der Waals surface area contributed by atoms with Gasteiger partial charge in [-0.15, -0.1) is 0 Å². The minimum absolute atomic E-state index is 0.174. The molecule has 0 spiro atoms. The van der Waals surface area contributed by atoms with Crippen molar-refractivity contribution in [1.82, 2.24) is 0 Å². The molecule has 1 aromatic rings. The first-order chi connectivity index (χ1) is 6.63. The van der Waals surface area contributed by atoms with Gasteiger partial charge in [-0.05, 0) is 50.6 Å². The summed E-state index contributed by atoms with van der Waals surface area (Å²) in [6.07, 6.45) is 0.174. The zero-order valence-electron chi connectivity index (χ0n) is 8.69. The number of hydrogen-bond acceptors (Lipinski definition) is 3. The van der Waals surface area contributed by atoms with E-state index in [9.17, 15) is 0 Å². The van der Waals surface area contributed by atoms with Crippen LogP contribution in [0.1, 0.15) is 26.3 Å². The Balaban J connectivity index is 2.78. The molecule has 14 heavy (non-hydrogen) atoms. The van der Waals surface area contributed by atoms with E-state index >= 15 is 0 Å². The second-order valence-corrected chi connectivity index (χ2v) is 3.38. The highest BCUT2D eigenvalue weighted by Crippen LogP contribution is 2.14. The Hall–Kier alpha value is -1.51. The first-order valence-electron chi connectivity index (χ1n) is 4.59. The van der Waals surface area contributed by atoms with Crippen LogP contribution in [-0.2, 0) is 0 Å². The minimum Gasteiger partial charge on any atom is -0.491 e. The van der Waals surface area contributed by atoms with Crippen LogP contribution in [0.5, 0.6) is 5.75 Å². The molecule has 0 unspecified atom stereocenters. The van der Waals surface area contributed by atoms with Crippen LogP contribution in [-0.4, -0.2) is 17.0 Å². The van der Waals surface area contributed by atoms with Crippen LogP contribution in [0.25, 0.3) is 0 Å². The summed E-state index contributed by atoms with van der Waals surface area (Å²) >= 11 is 0. The van der Waals surface area contributed by atoms with Crippen LogP contribution in [0.4, 0.5) is 0 Å². The normalized spacial score (nSPS) is 11.9. The Morgan fingerprint density at radius 3 is 2.29 bits per heavy atom. The molecule has 0 aliphatic carbocycles. The van der Waals surface area contributed by atoms with Gasteiger partial charge in [0.25, 0.3) is 0 Å². The highest BCUT2D eigenvalue weighted by atomic mass is 16.5. The van der Waals surface area contributed by atoms with Gasteiger partial charge < -0.3 is 9.94 Å². The van der Waals surface area contributed by atoms with Crippen molar-refractivity contribution in [3.05, 3.63) is 29.8 Å². The first kappa shape index (κ1) is 10.6. The van der Waals surface area contributed by atoms with E-state index in [2.05, 4.69) is 5.16 Å². The summed E-state index contributed by atoms with van der Waals surface area (Å²) in [6, 6.07) is 7.47. The van der Waals surface area contributed by atoms with E-state index in [0.717, 1.165) is 11.3 Å². The third kappa shape index (κ3) is 2.76. The lowest BCUT2D eigenvalue weighted by molar-refractivity contribution is 0.242. The van der Waals surface area contributed by atoms with Crippen molar-refractivity contribution >= 4 is 5.71 Å². The van der Waals surface area contributed by atoms with E-state index in [1.165, 1.54) is 0 Å². The van der Waals surface area contributed by atoms with Crippen molar-refractivity contribution in [3.8, 4) is 5.75 Å². The summed E-state index contributed by atoms with van der Waals surface area (Å²) in [5.74, 6) is 0.828. The molecule has 1 rings (SSSR count). The minimum atomic E-state index is 0.174. The molecule has 0 radical (unpaired) electrons. The van der Waals surface area contributed by atoms with Crippen molar-refractivity contribution < 1.29 is 9.94 Å². The molecule has 0 aromatic heterocycles. The topological polar surface area (TPSA) is 41.8 Å². The van der Waals surface area contributed by atoms with Crippen molar-refractivity contribution in [2.75, 3.05) is 0 Å². The standard InChI is InChI=1S/C11H15NO2/c1-8(2)14-11-6-4-10(5-7-11)9(3)12-13/h4-8,13H,1-3H3/b12-9+. The summed E-state index contributed by atoms with van der Waals surface area (Å²) in [6.45, 7) is 5.71. The van der Waals surface area contributed by atoms with Gasteiger partial charge in [0.2, 0.25) is 0 Å². The maximum absolute atomic E-state index is 8.56.